The van der Waals surface area contributed by atoms with Crippen molar-refractivity contribution in [3.63, 3.8) is 0 Å². The Morgan fingerprint density at radius 1 is 1.24 bits per heavy atom. The van der Waals surface area contributed by atoms with Crippen LogP contribution in [0.25, 0.3) is 28.1 Å². The number of aromatic nitrogens is 1. The van der Waals surface area contributed by atoms with Crippen LogP contribution in [0.2, 0.25) is 0 Å². The fourth-order valence-corrected chi connectivity index (χ4v) is 3.86. The lowest BCUT2D eigenvalue weighted by molar-refractivity contribution is 0.0527. The fraction of sp³-hybridized carbons (Fsp3) is 0.348. The van der Waals surface area contributed by atoms with Gasteiger partial charge in [-0.2, -0.15) is 4.98 Å². The number of carbonyl (C=O) groups is 1. The van der Waals surface area contributed by atoms with Crippen LogP contribution >= 0.6 is 0 Å². The molecule has 0 aliphatic heterocycles. The molecule has 0 spiro atoms. The van der Waals surface area contributed by atoms with Crippen molar-refractivity contribution in [1.29, 1.82) is 0 Å². The van der Waals surface area contributed by atoms with Crippen molar-refractivity contribution in [2.24, 2.45) is 5.92 Å². The van der Waals surface area contributed by atoms with Crippen LogP contribution in [0.1, 0.15) is 54.9 Å². The fourth-order valence-electron chi connectivity index (χ4n) is 3.86. The van der Waals surface area contributed by atoms with Gasteiger partial charge in [-0.3, -0.25) is 4.79 Å². The molecule has 4 rings (SSSR count). The van der Waals surface area contributed by atoms with E-state index in [4.69, 9.17) is 14.9 Å². The van der Waals surface area contributed by atoms with E-state index in [1.54, 1.807) is 13.0 Å². The molecule has 1 aliphatic rings. The second kappa shape index (κ2) is 8.07. The number of nitrogens with zero attached hydrogens (tertiary/aromatic N) is 1. The molecular formula is C23H24N2O4. The lowest BCUT2D eigenvalue weighted by Crippen LogP contribution is -2.12. The lowest BCUT2D eigenvalue weighted by atomic mass is 9.89. The van der Waals surface area contributed by atoms with Crippen molar-refractivity contribution in [2.75, 3.05) is 12.3 Å². The van der Waals surface area contributed by atoms with Crippen LogP contribution in [0.3, 0.4) is 0 Å². The van der Waals surface area contributed by atoms with Crippen LogP contribution in [-0.4, -0.2) is 17.6 Å². The van der Waals surface area contributed by atoms with Crippen LogP contribution in [0.15, 0.2) is 39.6 Å². The predicted octanol–water partition coefficient (Wildman–Crippen LogP) is 4.69. The molecule has 6 heteroatoms. The zero-order chi connectivity index (χ0) is 20.4. The summed E-state index contributed by atoms with van der Waals surface area (Å²) in [6.07, 6.45) is 10.6. The summed E-state index contributed by atoms with van der Waals surface area (Å²) in [6.45, 7) is 1.91. The molecule has 2 heterocycles. The van der Waals surface area contributed by atoms with Crippen molar-refractivity contribution in [3.8, 4) is 0 Å². The third-order valence-electron chi connectivity index (χ3n) is 5.42. The van der Waals surface area contributed by atoms with Gasteiger partial charge in [0.25, 0.3) is 0 Å². The van der Waals surface area contributed by atoms with Crippen molar-refractivity contribution in [1.82, 2.24) is 4.98 Å². The SMILES string of the molecule is CCOC(=O)c1cc2c(=O)c3cc(/C=C/C4CCCCC4)ccc3oc2nc1N. The third kappa shape index (κ3) is 3.88. The van der Waals surface area contributed by atoms with Crippen molar-refractivity contribution >= 4 is 39.9 Å². The third-order valence-corrected chi connectivity index (χ3v) is 5.42. The molecule has 1 aliphatic carbocycles. The Kier molecular flexibility index (Phi) is 5.34. The maximum absolute atomic E-state index is 13.1. The highest BCUT2D eigenvalue weighted by atomic mass is 16.5. The first-order valence-electron chi connectivity index (χ1n) is 10.1. The number of fused-ring (bicyclic) bond motifs is 2. The van der Waals surface area contributed by atoms with Crippen LogP contribution in [0.5, 0.6) is 0 Å². The monoisotopic (exact) mass is 392 g/mol. The smallest absolute Gasteiger partial charge is 0.341 e. The summed E-state index contributed by atoms with van der Waals surface area (Å²) in [5.74, 6) is -0.0275. The zero-order valence-electron chi connectivity index (χ0n) is 16.4. The summed E-state index contributed by atoms with van der Waals surface area (Å²) >= 11 is 0. The molecule has 1 aromatic carbocycles. The molecule has 0 bridgehead atoms. The number of anilines is 1. The molecule has 0 radical (unpaired) electrons. The van der Waals surface area contributed by atoms with Gasteiger partial charge in [-0.05, 0) is 49.4 Å². The summed E-state index contributed by atoms with van der Waals surface area (Å²) in [7, 11) is 0. The number of hydrogen-bond acceptors (Lipinski definition) is 6. The van der Waals surface area contributed by atoms with Crippen LogP contribution in [-0.2, 0) is 4.74 Å². The minimum Gasteiger partial charge on any atom is -0.462 e. The molecule has 0 unspecified atom stereocenters. The summed E-state index contributed by atoms with van der Waals surface area (Å²) in [6, 6.07) is 6.92. The number of pyridine rings is 1. The van der Waals surface area contributed by atoms with E-state index in [2.05, 4.69) is 17.1 Å². The lowest BCUT2D eigenvalue weighted by Gasteiger charge is -2.17. The van der Waals surface area contributed by atoms with E-state index in [1.807, 2.05) is 12.1 Å². The summed E-state index contributed by atoms with van der Waals surface area (Å²) < 4.78 is 10.8. The summed E-state index contributed by atoms with van der Waals surface area (Å²) in [5, 5.41) is 0.660. The minimum absolute atomic E-state index is 0.0227. The molecule has 1 saturated carbocycles. The first kappa shape index (κ1) is 19.2. The van der Waals surface area contributed by atoms with E-state index in [0.717, 1.165) is 5.56 Å². The quantitative estimate of drug-likeness (QED) is 0.511. The van der Waals surface area contributed by atoms with Gasteiger partial charge in [0.05, 0.1) is 17.4 Å². The minimum atomic E-state index is -0.608. The number of benzene rings is 1. The van der Waals surface area contributed by atoms with E-state index in [9.17, 15) is 9.59 Å². The number of esters is 1. The van der Waals surface area contributed by atoms with Gasteiger partial charge < -0.3 is 14.9 Å². The van der Waals surface area contributed by atoms with E-state index in [-0.39, 0.29) is 34.5 Å². The number of allylic oxidation sites excluding steroid dienone is 1. The molecule has 3 aromatic rings. The molecule has 29 heavy (non-hydrogen) atoms. The Bertz CT molecular complexity index is 1160. The molecule has 2 aromatic heterocycles. The van der Waals surface area contributed by atoms with Gasteiger partial charge >= 0.3 is 5.97 Å². The predicted molar refractivity (Wildman–Crippen MR) is 114 cm³/mol. The van der Waals surface area contributed by atoms with Gasteiger partial charge in [0.1, 0.15) is 17.0 Å². The maximum atomic E-state index is 13.1. The van der Waals surface area contributed by atoms with Gasteiger partial charge in [-0.1, -0.05) is 37.5 Å². The van der Waals surface area contributed by atoms with Crippen molar-refractivity contribution < 1.29 is 13.9 Å². The molecule has 1 fully saturated rings. The van der Waals surface area contributed by atoms with E-state index >= 15 is 0 Å². The Morgan fingerprint density at radius 3 is 2.79 bits per heavy atom. The second-order valence-electron chi connectivity index (χ2n) is 7.44. The van der Waals surface area contributed by atoms with Gasteiger partial charge in [-0.15, -0.1) is 0 Å². The van der Waals surface area contributed by atoms with Crippen LogP contribution in [0, 0.1) is 5.92 Å². The van der Waals surface area contributed by atoms with Gasteiger partial charge in [0.15, 0.2) is 0 Å². The highest BCUT2D eigenvalue weighted by Gasteiger charge is 2.18. The first-order valence-corrected chi connectivity index (χ1v) is 10.1. The van der Waals surface area contributed by atoms with Gasteiger partial charge in [0, 0.05) is 0 Å². The average Bonchev–Trinajstić information content (AvgIpc) is 2.73. The summed E-state index contributed by atoms with van der Waals surface area (Å²) in [4.78, 5) is 29.3. The summed E-state index contributed by atoms with van der Waals surface area (Å²) in [5.41, 5.74) is 7.18. The standard InChI is InChI=1S/C23H24N2O4/c1-2-28-23(27)18-13-17-20(26)16-12-15(9-8-14-6-4-3-5-7-14)10-11-19(16)29-22(17)25-21(18)24/h8-14H,2-7H2,1H3,(H2,24,25)/b9-8+. The molecule has 150 valence electrons. The Balaban J connectivity index is 1.77. The first-order chi connectivity index (χ1) is 14.1. The van der Waals surface area contributed by atoms with Crippen LogP contribution in [0.4, 0.5) is 5.82 Å². The Morgan fingerprint density at radius 2 is 2.03 bits per heavy atom. The molecule has 6 nitrogen and oxygen atoms in total. The molecular weight excluding hydrogens is 368 g/mol. The number of rotatable bonds is 4. The van der Waals surface area contributed by atoms with E-state index in [1.165, 1.54) is 38.2 Å². The Hall–Kier alpha value is -3.15. The van der Waals surface area contributed by atoms with Crippen molar-refractivity contribution in [2.45, 2.75) is 39.0 Å². The average molecular weight is 392 g/mol. The number of carbonyl (C=O) groups excluding carboxylic acids is 1. The number of ether oxygens (including phenoxy) is 1. The zero-order valence-corrected chi connectivity index (χ0v) is 16.4. The van der Waals surface area contributed by atoms with E-state index in [0.29, 0.717) is 16.9 Å². The number of nitrogens with two attached hydrogens (primary N) is 1. The molecule has 0 amide bonds. The number of hydrogen-bond donors (Lipinski definition) is 1. The Labute approximate surface area is 168 Å². The van der Waals surface area contributed by atoms with Gasteiger partial charge in [0.2, 0.25) is 11.1 Å². The number of nitrogen functional groups attached to an aromatic ring is 1. The van der Waals surface area contributed by atoms with E-state index < -0.39 is 5.97 Å². The highest BCUT2D eigenvalue weighted by Crippen LogP contribution is 2.26. The largest absolute Gasteiger partial charge is 0.462 e. The normalized spacial score (nSPS) is 15.3. The topological polar surface area (TPSA) is 95.4 Å². The molecule has 2 N–H and O–H groups in total. The van der Waals surface area contributed by atoms with Gasteiger partial charge in [-0.25, -0.2) is 4.79 Å². The van der Waals surface area contributed by atoms with Crippen LogP contribution < -0.4 is 11.2 Å². The second-order valence-corrected chi connectivity index (χ2v) is 7.44. The maximum Gasteiger partial charge on any atom is 0.341 e. The molecule has 0 atom stereocenters. The highest BCUT2D eigenvalue weighted by molar-refractivity contribution is 5.99. The van der Waals surface area contributed by atoms with Crippen molar-refractivity contribution in [3.05, 3.63) is 51.7 Å². The molecule has 0 saturated heterocycles.